The van der Waals surface area contributed by atoms with Crippen LogP contribution in [0.2, 0.25) is 5.02 Å². The molecular weight excluding hydrogens is 332 g/mol. The zero-order valence-corrected chi connectivity index (χ0v) is 15.4. The summed E-state index contributed by atoms with van der Waals surface area (Å²) in [5, 5.41) is 3.98. The molecule has 1 fully saturated rings. The first-order valence-corrected chi connectivity index (χ1v) is 9.28. The van der Waals surface area contributed by atoms with Crippen molar-refractivity contribution in [3.05, 3.63) is 70.2 Å². The molecule has 1 aliphatic rings. The first-order chi connectivity index (χ1) is 12.1. The molecule has 3 rings (SSSR count). The molecule has 4 heteroatoms. The number of carbonyl (C=O) groups excluding carboxylic acids is 1. The zero-order chi connectivity index (χ0) is 17.6. The van der Waals surface area contributed by atoms with Gasteiger partial charge in [0.25, 0.3) is 0 Å². The minimum atomic E-state index is 0.130. The summed E-state index contributed by atoms with van der Waals surface area (Å²) in [6.45, 7) is 5.02. The number of hydrogen-bond donors (Lipinski definition) is 1. The standard InChI is InChI=1S/C21H25ClN2O/c1-16-4-2-3-5-18(16)14-21(25)23-20-10-12-24(13-11-20)15-17-6-8-19(22)9-7-17/h2-9,20H,10-15H2,1H3,(H,23,25). The summed E-state index contributed by atoms with van der Waals surface area (Å²) in [6, 6.07) is 16.4. The van der Waals surface area contributed by atoms with Gasteiger partial charge in [0, 0.05) is 30.7 Å². The number of carbonyl (C=O) groups is 1. The molecule has 25 heavy (non-hydrogen) atoms. The number of amides is 1. The topological polar surface area (TPSA) is 32.3 Å². The van der Waals surface area contributed by atoms with E-state index in [-0.39, 0.29) is 11.9 Å². The van der Waals surface area contributed by atoms with Gasteiger partial charge in [-0.15, -0.1) is 0 Å². The lowest BCUT2D eigenvalue weighted by atomic mass is 10.0. The average molecular weight is 357 g/mol. The number of nitrogens with zero attached hydrogens (tertiary/aromatic N) is 1. The van der Waals surface area contributed by atoms with Crippen LogP contribution in [0.3, 0.4) is 0 Å². The predicted octanol–water partition coefficient (Wildman–Crippen LogP) is 3.97. The maximum Gasteiger partial charge on any atom is 0.224 e. The Balaban J connectivity index is 1.43. The number of halogens is 1. The van der Waals surface area contributed by atoms with Crippen LogP contribution in [-0.4, -0.2) is 29.9 Å². The number of likely N-dealkylation sites (tertiary alicyclic amines) is 1. The number of hydrogen-bond acceptors (Lipinski definition) is 2. The van der Waals surface area contributed by atoms with Crippen LogP contribution in [0.1, 0.15) is 29.5 Å². The normalized spacial score (nSPS) is 15.9. The molecule has 1 amide bonds. The van der Waals surface area contributed by atoms with Crippen molar-refractivity contribution in [2.45, 2.75) is 38.8 Å². The van der Waals surface area contributed by atoms with Crippen molar-refractivity contribution in [3.63, 3.8) is 0 Å². The van der Waals surface area contributed by atoms with Gasteiger partial charge in [0.1, 0.15) is 0 Å². The van der Waals surface area contributed by atoms with E-state index in [4.69, 9.17) is 11.6 Å². The Morgan fingerprint density at radius 3 is 2.48 bits per heavy atom. The molecule has 0 bridgehead atoms. The van der Waals surface area contributed by atoms with Gasteiger partial charge in [-0.1, -0.05) is 48.0 Å². The third kappa shape index (κ3) is 5.32. The SMILES string of the molecule is Cc1ccccc1CC(=O)NC1CCN(Cc2ccc(Cl)cc2)CC1. The second kappa shape index (κ2) is 8.50. The average Bonchev–Trinajstić information content (AvgIpc) is 2.61. The van der Waals surface area contributed by atoms with E-state index in [1.807, 2.05) is 30.3 Å². The summed E-state index contributed by atoms with van der Waals surface area (Å²) in [7, 11) is 0. The number of piperidine rings is 1. The highest BCUT2D eigenvalue weighted by molar-refractivity contribution is 6.30. The van der Waals surface area contributed by atoms with E-state index in [0.717, 1.165) is 43.1 Å². The highest BCUT2D eigenvalue weighted by atomic mass is 35.5. The molecule has 1 heterocycles. The van der Waals surface area contributed by atoms with Gasteiger partial charge in [-0.05, 0) is 48.6 Å². The molecule has 3 nitrogen and oxygen atoms in total. The van der Waals surface area contributed by atoms with Crippen LogP contribution in [0.15, 0.2) is 48.5 Å². The fourth-order valence-corrected chi connectivity index (χ4v) is 3.47. The van der Waals surface area contributed by atoms with Crippen LogP contribution in [0.5, 0.6) is 0 Å². The third-order valence-corrected chi connectivity index (χ3v) is 5.14. The minimum Gasteiger partial charge on any atom is -0.353 e. The molecule has 1 saturated heterocycles. The molecule has 0 aliphatic carbocycles. The first kappa shape index (κ1) is 18.0. The van der Waals surface area contributed by atoms with Gasteiger partial charge in [-0.3, -0.25) is 9.69 Å². The van der Waals surface area contributed by atoms with E-state index >= 15 is 0 Å². The molecular formula is C21H25ClN2O. The molecule has 2 aromatic rings. The summed E-state index contributed by atoms with van der Waals surface area (Å²) in [6.07, 6.45) is 2.48. The molecule has 2 aromatic carbocycles. The first-order valence-electron chi connectivity index (χ1n) is 8.91. The summed E-state index contributed by atoms with van der Waals surface area (Å²) >= 11 is 5.94. The van der Waals surface area contributed by atoms with E-state index in [2.05, 4.69) is 35.3 Å². The zero-order valence-electron chi connectivity index (χ0n) is 14.7. The lowest BCUT2D eigenvalue weighted by Gasteiger charge is -2.32. The van der Waals surface area contributed by atoms with Crippen LogP contribution in [-0.2, 0) is 17.8 Å². The summed E-state index contributed by atoms with van der Waals surface area (Å²) in [4.78, 5) is 14.7. The van der Waals surface area contributed by atoms with Crippen LogP contribution in [0.25, 0.3) is 0 Å². The Kier molecular flexibility index (Phi) is 6.11. The summed E-state index contributed by atoms with van der Waals surface area (Å²) in [5.74, 6) is 0.130. The van der Waals surface area contributed by atoms with Gasteiger partial charge < -0.3 is 5.32 Å². The number of benzene rings is 2. The van der Waals surface area contributed by atoms with Gasteiger partial charge >= 0.3 is 0 Å². The smallest absolute Gasteiger partial charge is 0.224 e. The van der Waals surface area contributed by atoms with Crippen LogP contribution < -0.4 is 5.32 Å². The Morgan fingerprint density at radius 2 is 1.80 bits per heavy atom. The third-order valence-electron chi connectivity index (χ3n) is 4.88. The van der Waals surface area contributed by atoms with E-state index in [1.165, 1.54) is 11.1 Å². The maximum atomic E-state index is 12.3. The van der Waals surface area contributed by atoms with Crippen molar-refractivity contribution in [1.29, 1.82) is 0 Å². The molecule has 132 valence electrons. The van der Waals surface area contributed by atoms with E-state index < -0.39 is 0 Å². The fourth-order valence-electron chi connectivity index (χ4n) is 3.34. The lowest BCUT2D eigenvalue weighted by molar-refractivity contribution is -0.121. The van der Waals surface area contributed by atoms with Gasteiger partial charge in [0.05, 0.1) is 6.42 Å². The van der Waals surface area contributed by atoms with Gasteiger partial charge in [0.15, 0.2) is 0 Å². The molecule has 0 atom stereocenters. The van der Waals surface area contributed by atoms with Crippen molar-refractivity contribution >= 4 is 17.5 Å². The molecule has 1 N–H and O–H groups in total. The second-order valence-corrected chi connectivity index (χ2v) is 7.28. The van der Waals surface area contributed by atoms with Crippen LogP contribution >= 0.6 is 11.6 Å². The van der Waals surface area contributed by atoms with Crippen molar-refractivity contribution in [2.24, 2.45) is 0 Å². The van der Waals surface area contributed by atoms with Crippen molar-refractivity contribution in [1.82, 2.24) is 10.2 Å². The summed E-state index contributed by atoms with van der Waals surface area (Å²) < 4.78 is 0. The minimum absolute atomic E-state index is 0.130. The number of rotatable bonds is 5. The Labute approximate surface area is 155 Å². The lowest BCUT2D eigenvalue weighted by Crippen LogP contribution is -2.44. The molecule has 0 saturated carbocycles. The Hall–Kier alpha value is -1.84. The summed E-state index contributed by atoms with van der Waals surface area (Å²) in [5.41, 5.74) is 3.57. The van der Waals surface area contributed by atoms with E-state index in [9.17, 15) is 4.79 Å². The molecule has 0 radical (unpaired) electrons. The maximum absolute atomic E-state index is 12.3. The number of aryl methyl sites for hydroxylation is 1. The van der Waals surface area contributed by atoms with Gasteiger partial charge in [-0.25, -0.2) is 0 Å². The molecule has 1 aliphatic heterocycles. The quantitative estimate of drug-likeness (QED) is 0.879. The molecule has 0 spiro atoms. The van der Waals surface area contributed by atoms with Crippen LogP contribution in [0.4, 0.5) is 0 Å². The van der Waals surface area contributed by atoms with E-state index in [1.54, 1.807) is 0 Å². The van der Waals surface area contributed by atoms with Crippen molar-refractivity contribution in [3.8, 4) is 0 Å². The Morgan fingerprint density at radius 1 is 1.12 bits per heavy atom. The fraction of sp³-hybridized carbons (Fsp3) is 0.381. The van der Waals surface area contributed by atoms with Gasteiger partial charge in [0.2, 0.25) is 5.91 Å². The van der Waals surface area contributed by atoms with Crippen LogP contribution in [0, 0.1) is 6.92 Å². The second-order valence-electron chi connectivity index (χ2n) is 6.85. The number of nitrogens with one attached hydrogen (secondary N) is 1. The van der Waals surface area contributed by atoms with Gasteiger partial charge in [-0.2, -0.15) is 0 Å². The molecule has 0 unspecified atom stereocenters. The van der Waals surface area contributed by atoms with Crippen molar-refractivity contribution in [2.75, 3.05) is 13.1 Å². The monoisotopic (exact) mass is 356 g/mol. The highest BCUT2D eigenvalue weighted by Gasteiger charge is 2.20. The molecule has 0 aromatic heterocycles. The van der Waals surface area contributed by atoms with E-state index in [0.29, 0.717) is 6.42 Å². The highest BCUT2D eigenvalue weighted by Crippen LogP contribution is 2.16. The van der Waals surface area contributed by atoms with Crippen molar-refractivity contribution < 1.29 is 4.79 Å². The largest absolute Gasteiger partial charge is 0.353 e. The predicted molar refractivity (Wildman–Crippen MR) is 103 cm³/mol. The Bertz CT molecular complexity index is 706.